The third-order valence-corrected chi connectivity index (χ3v) is 9.36. The van der Waals surface area contributed by atoms with E-state index in [-0.39, 0.29) is 35.6 Å². The number of aromatic hydroxyl groups is 1. The number of hydrogen-bond donors (Lipinski definition) is 2. The summed E-state index contributed by atoms with van der Waals surface area (Å²) in [6.07, 6.45) is 2.77. The molecule has 2 atom stereocenters. The van der Waals surface area contributed by atoms with Crippen molar-refractivity contribution in [2.24, 2.45) is 0 Å². The van der Waals surface area contributed by atoms with Gasteiger partial charge in [0.2, 0.25) is 0 Å². The molecule has 4 aliphatic heterocycles. The number of hydrogen-bond acceptors (Lipinski definition) is 8. The molecule has 1 aromatic heterocycles. The Kier molecular flexibility index (Phi) is 6.89. The lowest BCUT2D eigenvalue weighted by molar-refractivity contribution is 0.0996. The number of aryl methyl sites for hydroxylation is 1. The first kappa shape index (κ1) is 27.3. The molecule has 0 saturated carbocycles. The summed E-state index contributed by atoms with van der Waals surface area (Å²) in [4.78, 5) is 29.6. The van der Waals surface area contributed by atoms with Gasteiger partial charge in [0.15, 0.2) is 0 Å². The number of phenolic OH excluding ortho intramolecular Hbond substituents is 1. The molecule has 9 nitrogen and oxygen atoms in total. The topological polar surface area (TPSA) is 94.1 Å². The molecule has 222 valence electrons. The molecular weight excluding hydrogens is 542 g/mol. The fourth-order valence-electron chi connectivity index (χ4n) is 7.39. The zero-order valence-corrected chi connectivity index (χ0v) is 23.8. The second kappa shape index (κ2) is 10.6. The molecule has 3 fully saturated rings. The van der Waals surface area contributed by atoms with E-state index in [0.29, 0.717) is 78.2 Å². The largest absolute Gasteiger partial charge is 0.508 e. The second-order valence-electron chi connectivity index (χ2n) is 11.9. The molecule has 3 saturated heterocycles. The van der Waals surface area contributed by atoms with Gasteiger partial charge in [0.05, 0.1) is 23.5 Å². The van der Waals surface area contributed by atoms with Crippen molar-refractivity contribution in [2.45, 2.75) is 57.3 Å². The van der Waals surface area contributed by atoms with Crippen molar-refractivity contribution >= 4 is 28.2 Å². The van der Waals surface area contributed by atoms with Crippen molar-refractivity contribution in [3.05, 3.63) is 46.9 Å². The number of carbonyl (C=O) groups is 1. The third kappa shape index (κ3) is 4.53. The minimum atomic E-state index is -0.865. The van der Waals surface area contributed by atoms with E-state index in [1.165, 1.54) is 12.1 Å². The summed E-state index contributed by atoms with van der Waals surface area (Å²) in [7, 11) is 0. The Morgan fingerprint density at radius 2 is 2.05 bits per heavy atom. The van der Waals surface area contributed by atoms with Crippen LogP contribution in [0.4, 0.5) is 20.3 Å². The van der Waals surface area contributed by atoms with Crippen molar-refractivity contribution in [3.8, 4) is 11.8 Å². The number of ether oxygens (including phenoxy) is 1. The average molecular weight is 579 g/mol. The van der Waals surface area contributed by atoms with Crippen LogP contribution in [0.1, 0.15) is 54.2 Å². The van der Waals surface area contributed by atoms with E-state index in [0.717, 1.165) is 38.9 Å². The number of fused-ring (bicyclic) bond motifs is 3. The van der Waals surface area contributed by atoms with Crippen LogP contribution in [0.3, 0.4) is 0 Å². The van der Waals surface area contributed by atoms with Crippen LogP contribution in [0.15, 0.2) is 24.3 Å². The van der Waals surface area contributed by atoms with Crippen LogP contribution >= 0.6 is 0 Å². The lowest BCUT2D eigenvalue weighted by Gasteiger charge is -2.31. The summed E-state index contributed by atoms with van der Waals surface area (Å²) in [6, 6.07) is 6.31. The van der Waals surface area contributed by atoms with E-state index < -0.39 is 6.17 Å². The van der Waals surface area contributed by atoms with E-state index in [1.54, 1.807) is 17.0 Å². The number of benzene rings is 2. The molecule has 3 aromatic rings. The van der Waals surface area contributed by atoms with E-state index in [4.69, 9.17) is 14.7 Å². The van der Waals surface area contributed by atoms with E-state index in [2.05, 4.69) is 15.1 Å². The van der Waals surface area contributed by atoms with E-state index in [1.807, 2.05) is 6.92 Å². The van der Waals surface area contributed by atoms with Crippen LogP contribution in [-0.2, 0) is 13.0 Å². The van der Waals surface area contributed by atoms with Crippen molar-refractivity contribution < 1.29 is 23.4 Å². The summed E-state index contributed by atoms with van der Waals surface area (Å²) in [5.41, 5.74) is 1.51. The van der Waals surface area contributed by atoms with Gasteiger partial charge < -0.3 is 25.0 Å². The molecule has 0 aliphatic carbocycles. The number of alkyl halides is 1. The lowest BCUT2D eigenvalue weighted by atomic mass is 9.95. The van der Waals surface area contributed by atoms with Gasteiger partial charge in [0.1, 0.15) is 35.7 Å². The molecule has 2 N–H and O–H groups in total. The molecule has 0 unspecified atom stereocenters. The van der Waals surface area contributed by atoms with Crippen LogP contribution in [0.2, 0.25) is 0 Å². The number of aromatic nitrogens is 2. The average Bonchev–Trinajstić information content (AvgIpc) is 3.51. The van der Waals surface area contributed by atoms with Crippen LogP contribution < -0.4 is 19.9 Å². The highest BCUT2D eigenvalue weighted by Crippen LogP contribution is 2.42. The predicted octanol–water partition coefficient (Wildman–Crippen LogP) is 3.95. The van der Waals surface area contributed by atoms with Crippen molar-refractivity contribution in [1.82, 2.24) is 20.2 Å². The molecule has 7 rings (SSSR count). The molecule has 0 spiro atoms. The first-order valence-corrected chi connectivity index (χ1v) is 15.0. The van der Waals surface area contributed by atoms with Gasteiger partial charge in [0.25, 0.3) is 5.91 Å². The monoisotopic (exact) mass is 578 g/mol. The Labute approximate surface area is 243 Å². The number of carbonyl (C=O) groups excluding carboxylic acids is 1. The zero-order valence-electron chi connectivity index (χ0n) is 23.8. The second-order valence-corrected chi connectivity index (χ2v) is 11.9. The minimum Gasteiger partial charge on any atom is -0.508 e. The van der Waals surface area contributed by atoms with Gasteiger partial charge in [0, 0.05) is 44.1 Å². The number of nitrogens with zero attached hydrogens (tertiary/aromatic N) is 5. The van der Waals surface area contributed by atoms with Crippen molar-refractivity contribution in [3.63, 3.8) is 0 Å². The van der Waals surface area contributed by atoms with Gasteiger partial charge >= 0.3 is 6.01 Å². The number of amides is 1. The Hall–Kier alpha value is -3.57. The Balaban J connectivity index is 1.29. The summed E-state index contributed by atoms with van der Waals surface area (Å²) >= 11 is 0. The highest BCUT2D eigenvalue weighted by atomic mass is 19.1. The zero-order chi connectivity index (χ0) is 29.0. The fraction of sp³-hybridized carbons (Fsp3) is 0.516. The smallest absolute Gasteiger partial charge is 0.318 e. The van der Waals surface area contributed by atoms with Crippen LogP contribution in [0.25, 0.3) is 10.8 Å². The molecule has 42 heavy (non-hydrogen) atoms. The molecule has 1 amide bonds. The number of halogens is 2. The normalized spacial score (nSPS) is 24.4. The maximum absolute atomic E-state index is 14.9. The van der Waals surface area contributed by atoms with Crippen molar-refractivity contribution in [1.29, 1.82) is 0 Å². The summed E-state index contributed by atoms with van der Waals surface area (Å²) in [5, 5.41) is 15.2. The predicted molar refractivity (Wildman–Crippen MR) is 156 cm³/mol. The van der Waals surface area contributed by atoms with Gasteiger partial charge in [-0.2, -0.15) is 9.97 Å². The molecule has 5 heterocycles. The molecule has 0 radical (unpaired) electrons. The summed E-state index contributed by atoms with van der Waals surface area (Å²) in [5.74, 6) is -0.129. The number of anilines is 2. The minimum absolute atomic E-state index is 0.00746. The number of phenols is 1. The van der Waals surface area contributed by atoms with Crippen molar-refractivity contribution in [2.75, 3.05) is 55.7 Å². The maximum Gasteiger partial charge on any atom is 0.318 e. The van der Waals surface area contributed by atoms with Gasteiger partial charge in [-0.3, -0.25) is 9.69 Å². The quantitative estimate of drug-likeness (QED) is 0.454. The lowest BCUT2D eigenvalue weighted by Crippen LogP contribution is -2.43. The van der Waals surface area contributed by atoms with Crippen LogP contribution in [0, 0.1) is 5.82 Å². The number of nitrogens with one attached hydrogen (secondary N) is 1. The SMILES string of the molecule is CCc1c(F)ccc2cc(O)cc(N3Cc4nc(OC[C@@]56CCCN5C[C@H](F)C6)nc(N5CCCNCC5)c4C3=O)c12. The highest BCUT2D eigenvalue weighted by molar-refractivity contribution is 6.16. The Morgan fingerprint density at radius 1 is 1.17 bits per heavy atom. The highest BCUT2D eigenvalue weighted by Gasteiger charge is 2.49. The van der Waals surface area contributed by atoms with Gasteiger partial charge in [-0.05, 0) is 61.9 Å². The summed E-state index contributed by atoms with van der Waals surface area (Å²) in [6.45, 7) is 6.59. The Bertz CT molecular complexity index is 1550. The van der Waals surface area contributed by atoms with E-state index >= 15 is 0 Å². The maximum atomic E-state index is 14.9. The fourth-order valence-corrected chi connectivity index (χ4v) is 7.39. The molecular formula is C31H36F2N6O3. The van der Waals surface area contributed by atoms with Crippen LogP contribution in [0.5, 0.6) is 11.8 Å². The molecule has 2 aromatic carbocycles. The summed E-state index contributed by atoms with van der Waals surface area (Å²) < 4.78 is 35.6. The first-order valence-electron chi connectivity index (χ1n) is 15.0. The molecule has 0 bridgehead atoms. The number of rotatable bonds is 6. The van der Waals surface area contributed by atoms with Crippen LogP contribution in [-0.4, -0.2) is 83.5 Å². The van der Waals surface area contributed by atoms with Gasteiger partial charge in [-0.25, -0.2) is 8.78 Å². The standard InChI is InChI=1S/C31H36F2N6O3/c1-2-22-23(33)6-5-19-13-21(40)14-25(26(19)22)39-17-24-27(29(39)41)28(37-10-4-8-34-9-12-37)36-30(35-24)42-18-31-7-3-11-38(31)16-20(32)15-31/h5-6,13-14,20,34,40H,2-4,7-12,15-18H2,1H3/t20-,31+/m1/s1. The molecule has 11 heteroatoms. The van der Waals surface area contributed by atoms with Gasteiger partial charge in [-0.15, -0.1) is 0 Å². The van der Waals surface area contributed by atoms with E-state index in [9.17, 15) is 18.7 Å². The first-order chi connectivity index (χ1) is 20.4. The van der Waals surface area contributed by atoms with Gasteiger partial charge in [-0.1, -0.05) is 13.0 Å². The molecule has 4 aliphatic rings. The Morgan fingerprint density at radius 3 is 2.90 bits per heavy atom. The third-order valence-electron chi connectivity index (χ3n) is 9.36.